The number of rotatable bonds is 7. The van der Waals surface area contributed by atoms with E-state index in [9.17, 15) is 4.79 Å². The van der Waals surface area contributed by atoms with E-state index in [1.54, 1.807) is 7.05 Å². The summed E-state index contributed by atoms with van der Waals surface area (Å²) in [4.78, 5) is 21.3. The Morgan fingerprint density at radius 3 is 2.75 bits per heavy atom. The van der Waals surface area contributed by atoms with Gasteiger partial charge in [-0.2, -0.15) is 0 Å². The van der Waals surface area contributed by atoms with Gasteiger partial charge in [-0.25, -0.2) is 0 Å². The van der Waals surface area contributed by atoms with Crippen molar-refractivity contribution in [1.82, 2.24) is 25.8 Å². The monoisotopic (exact) mass is 502 g/mol. The zero-order valence-electron chi connectivity index (χ0n) is 17.5. The second-order valence-corrected chi connectivity index (χ2v) is 7.07. The van der Waals surface area contributed by atoms with Gasteiger partial charge in [0.15, 0.2) is 5.96 Å². The second-order valence-electron chi connectivity index (χ2n) is 7.07. The van der Waals surface area contributed by atoms with Crippen LogP contribution in [0.2, 0.25) is 0 Å². The molecule has 1 heterocycles. The van der Waals surface area contributed by atoms with Crippen molar-refractivity contribution in [3.05, 3.63) is 35.4 Å². The molecule has 1 unspecified atom stereocenters. The molecule has 0 aromatic heterocycles. The summed E-state index contributed by atoms with van der Waals surface area (Å²) in [7, 11) is 5.99. The van der Waals surface area contributed by atoms with E-state index in [0.29, 0.717) is 11.6 Å². The summed E-state index contributed by atoms with van der Waals surface area (Å²) in [6, 6.07) is 8.19. The Kier molecular flexibility index (Phi) is 11.4. The SMILES string of the molecule is CCNC(=NCC1CN(C)CCN1C)NCCc1cccc(C(=O)NC)c1.I. The summed E-state index contributed by atoms with van der Waals surface area (Å²) < 4.78 is 0. The summed E-state index contributed by atoms with van der Waals surface area (Å²) in [6.07, 6.45) is 0.835. The van der Waals surface area contributed by atoms with E-state index in [2.05, 4.69) is 46.8 Å². The number of piperazine rings is 1. The molecule has 1 atom stereocenters. The fourth-order valence-electron chi connectivity index (χ4n) is 3.17. The zero-order chi connectivity index (χ0) is 19.6. The van der Waals surface area contributed by atoms with Crippen LogP contribution in [0.15, 0.2) is 29.3 Å². The Morgan fingerprint density at radius 1 is 1.25 bits per heavy atom. The van der Waals surface area contributed by atoms with Crippen LogP contribution in [-0.4, -0.2) is 88.1 Å². The molecule has 28 heavy (non-hydrogen) atoms. The van der Waals surface area contributed by atoms with Crippen LogP contribution in [-0.2, 0) is 6.42 Å². The van der Waals surface area contributed by atoms with Crippen LogP contribution >= 0.6 is 24.0 Å². The molecule has 0 aliphatic carbocycles. The van der Waals surface area contributed by atoms with E-state index in [-0.39, 0.29) is 29.9 Å². The standard InChI is InChI=1S/C20H34N6O.HI/c1-5-22-20(24-14-18-15-25(3)11-12-26(18)4)23-10-9-16-7-6-8-17(13-16)19(27)21-2;/h6-8,13,18H,5,9-12,14-15H2,1-4H3,(H,21,27)(H2,22,23,24);1H. The highest BCUT2D eigenvalue weighted by molar-refractivity contribution is 14.0. The first-order valence-corrected chi connectivity index (χ1v) is 9.75. The van der Waals surface area contributed by atoms with Gasteiger partial charge < -0.3 is 20.9 Å². The first-order chi connectivity index (χ1) is 13.0. The average molecular weight is 502 g/mol. The predicted octanol–water partition coefficient (Wildman–Crippen LogP) is 1.01. The average Bonchev–Trinajstić information content (AvgIpc) is 2.68. The molecular weight excluding hydrogens is 467 g/mol. The van der Waals surface area contributed by atoms with Crippen molar-refractivity contribution in [3.8, 4) is 0 Å². The van der Waals surface area contributed by atoms with Crippen LogP contribution in [0.25, 0.3) is 0 Å². The van der Waals surface area contributed by atoms with Crippen LogP contribution in [0.1, 0.15) is 22.8 Å². The van der Waals surface area contributed by atoms with Crippen molar-refractivity contribution in [2.45, 2.75) is 19.4 Å². The van der Waals surface area contributed by atoms with Gasteiger partial charge in [0, 0.05) is 51.4 Å². The first kappa shape index (κ1) is 24.6. The van der Waals surface area contributed by atoms with Gasteiger partial charge in [-0.05, 0) is 45.1 Å². The van der Waals surface area contributed by atoms with Gasteiger partial charge in [0.2, 0.25) is 0 Å². The number of nitrogens with zero attached hydrogens (tertiary/aromatic N) is 3. The maximum absolute atomic E-state index is 11.8. The fraction of sp³-hybridized carbons (Fsp3) is 0.600. The minimum Gasteiger partial charge on any atom is -0.357 e. The third-order valence-corrected chi connectivity index (χ3v) is 4.91. The molecule has 0 saturated carbocycles. The zero-order valence-corrected chi connectivity index (χ0v) is 19.8. The first-order valence-electron chi connectivity index (χ1n) is 9.75. The summed E-state index contributed by atoms with van der Waals surface area (Å²) in [5, 5.41) is 9.38. The minimum atomic E-state index is -0.0544. The molecular formula is C20H35IN6O. The highest BCUT2D eigenvalue weighted by Gasteiger charge is 2.21. The number of carbonyl (C=O) groups excluding carboxylic acids is 1. The molecule has 1 aromatic carbocycles. The summed E-state index contributed by atoms with van der Waals surface area (Å²) in [6.45, 7) is 7.70. The number of carbonyl (C=O) groups is 1. The number of halogens is 1. The van der Waals surface area contributed by atoms with Gasteiger partial charge in [-0.1, -0.05) is 12.1 Å². The number of likely N-dealkylation sites (N-methyl/N-ethyl adjacent to an activating group) is 2. The molecule has 1 saturated heterocycles. The molecule has 3 N–H and O–H groups in total. The van der Waals surface area contributed by atoms with Gasteiger partial charge in [0.25, 0.3) is 5.91 Å². The maximum atomic E-state index is 11.8. The van der Waals surface area contributed by atoms with Crippen molar-refractivity contribution >= 4 is 35.8 Å². The van der Waals surface area contributed by atoms with Gasteiger partial charge >= 0.3 is 0 Å². The van der Waals surface area contributed by atoms with Gasteiger partial charge in [0.05, 0.1) is 6.54 Å². The molecule has 0 radical (unpaired) electrons. The van der Waals surface area contributed by atoms with Crippen LogP contribution in [0.3, 0.4) is 0 Å². The lowest BCUT2D eigenvalue weighted by molar-refractivity contribution is 0.0963. The van der Waals surface area contributed by atoms with Crippen LogP contribution in [0.4, 0.5) is 0 Å². The molecule has 0 bridgehead atoms. The van der Waals surface area contributed by atoms with Crippen LogP contribution in [0, 0.1) is 0 Å². The summed E-state index contributed by atoms with van der Waals surface area (Å²) >= 11 is 0. The largest absolute Gasteiger partial charge is 0.357 e. The maximum Gasteiger partial charge on any atom is 0.251 e. The van der Waals surface area contributed by atoms with E-state index < -0.39 is 0 Å². The van der Waals surface area contributed by atoms with Crippen molar-refractivity contribution in [3.63, 3.8) is 0 Å². The molecule has 8 heteroatoms. The van der Waals surface area contributed by atoms with Gasteiger partial charge in [-0.15, -0.1) is 24.0 Å². The molecule has 1 amide bonds. The van der Waals surface area contributed by atoms with E-state index in [0.717, 1.165) is 57.2 Å². The third kappa shape index (κ3) is 7.92. The highest BCUT2D eigenvalue weighted by atomic mass is 127. The third-order valence-electron chi connectivity index (χ3n) is 4.91. The lowest BCUT2D eigenvalue weighted by Gasteiger charge is -2.36. The van der Waals surface area contributed by atoms with E-state index in [1.807, 2.05) is 24.3 Å². The predicted molar refractivity (Wildman–Crippen MR) is 127 cm³/mol. The highest BCUT2D eigenvalue weighted by Crippen LogP contribution is 2.07. The quantitative estimate of drug-likeness (QED) is 0.295. The van der Waals surface area contributed by atoms with E-state index >= 15 is 0 Å². The molecule has 1 fully saturated rings. The lowest BCUT2D eigenvalue weighted by Crippen LogP contribution is -2.51. The smallest absolute Gasteiger partial charge is 0.251 e. The minimum absolute atomic E-state index is 0. The number of guanidine groups is 1. The number of hydrogen-bond acceptors (Lipinski definition) is 4. The number of nitrogens with one attached hydrogen (secondary N) is 3. The number of aliphatic imine (C=N–C) groups is 1. The Morgan fingerprint density at radius 2 is 2.04 bits per heavy atom. The Labute approximate surface area is 186 Å². The van der Waals surface area contributed by atoms with Crippen LogP contribution < -0.4 is 16.0 Å². The van der Waals surface area contributed by atoms with Crippen molar-refractivity contribution in [2.75, 3.05) is 60.4 Å². The molecule has 158 valence electrons. The van der Waals surface area contributed by atoms with Crippen LogP contribution in [0.5, 0.6) is 0 Å². The van der Waals surface area contributed by atoms with Crippen molar-refractivity contribution in [2.24, 2.45) is 4.99 Å². The number of benzene rings is 1. The molecule has 1 aromatic rings. The normalized spacial score (nSPS) is 18.3. The molecule has 1 aliphatic rings. The topological polar surface area (TPSA) is 72.0 Å². The summed E-state index contributed by atoms with van der Waals surface area (Å²) in [5.41, 5.74) is 1.83. The van der Waals surface area contributed by atoms with Gasteiger partial charge in [-0.3, -0.25) is 14.7 Å². The molecule has 1 aliphatic heterocycles. The lowest BCUT2D eigenvalue weighted by atomic mass is 10.1. The number of amides is 1. The molecule has 0 spiro atoms. The van der Waals surface area contributed by atoms with Crippen molar-refractivity contribution in [1.29, 1.82) is 0 Å². The van der Waals surface area contributed by atoms with E-state index in [1.165, 1.54) is 0 Å². The Bertz CT molecular complexity index is 639. The van der Waals surface area contributed by atoms with Crippen molar-refractivity contribution < 1.29 is 4.79 Å². The number of hydrogen-bond donors (Lipinski definition) is 3. The second kappa shape index (κ2) is 12.9. The van der Waals surface area contributed by atoms with E-state index in [4.69, 9.17) is 4.99 Å². The van der Waals surface area contributed by atoms with Gasteiger partial charge in [0.1, 0.15) is 0 Å². The molecule has 7 nitrogen and oxygen atoms in total. The summed E-state index contributed by atoms with van der Waals surface area (Å²) in [5.74, 6) is 0.794. The Balaban J connectivity index is 0.00000392. The molecule has 2 rings (SSSR count). The Hall–Kier alpha value is -1.39. The fourth-order valence-corrected chi connectivity index (χ4v) is 3.17.